The van der Waals surface area contributed by atoms with Crippen molar-refractivity contribution >= 4 is 44.2 Å². The average Bonchev–Trinajstić information content (AvgIpc) is 3.08. The molecule has 0 saturated carbocycles. The molecule has 2 aromatic carbocycles. The number of hydrogen-bond donors (Lipinski definition) is 2. The molecule has 0 spiro atoms. The van der Waals surface area contributed by atoms with Gasteiger partial charge in [0.25, 0.3) is 0 Å². The molecule has 29 heavy (non-hydrogen) atoms. The summed E-state index contributed by atoms with van der Waals surface area (Å²) in [5, 5.41) is 11.9. The monoisotopic (exact) mass is 462 g/mol. The second kappa shape index (κ2) is 9.19. The van der Waals surface area contributed by atoms with E-state index in [1.807, 2.05) is 18.2 Å². The molecule has 0 aliphatic carbocycles. The van der Waals surface area contributed by atoms with E-state index < -0.39 is 18.0 Å². The van der Waals surface area contributed by atoms with Crippen LogP contribution in [0.2, 0.25) is 0 Å². The summed E-state index contributed by atoms with van der Waals surface area (Å²) in [6, 6.07) is 11.8. The SMILES string of the molecule is CC(=O)NC[C@H]1CN(c2ccc(C=C(Br)c3cccc(CO)c3)c(F)c2)C(=O)O1. The Balaban J connectivity index is 1.76. The number of rotatable bonds is 6. The van der Waals surface area contributed by atoms with Gasteiger partial charge in [0, 0.05) is 17.0 Å². The zero-order valence-corrected chi connectivity index (χ0v) is 17.3. The fourth-order valence-electron chi connectivity index (χ4n) is 2.94. The molecule has 2 aromatic rings. The van der Waals surface area contributed by atoms with E-state index in [9.17, 15) is 19.1 Å². The summed E-state index contributed by atoms with van der Waals surface area (Å²) in [5.74, 6) is -0.701. The van der Waals surface area contributed by atoms with Gasteiger partial charge in [0.1, 0.15) is 11.9 Å². The molecule has 1 heterocycles. The summed E-state index contributed by atoms with van der Waals surface area (Å²) in [6.45, 7) is 1.74. The quantitative estimate of drug-likeness (QED) is 0.641. The van der Waals surface area contributed by atoms with Crippen molar-refractivity contribution in [1.29, 1.82) is 0 Å². The van der Waals surface area contributed by atoms with Gasteiger partial charge in [-0.1, -0.05) is 34.1 Å². The molecule has 8 heteroatoms. The second-order valence-corrected chi connectivity index (χ2v) is 7.46. The van der Waals surface area contributed by atoms with Crippen LogP contribution in [0.5, 0.6) is 0 Å². The third-order valence-corrected chi connectivity index (χ3v) is 5.10. The molecule has 3 rings (SSSR count). The minimum atomic E-state index is -0.579. The van der Waals surface area contributed by atoms with Crippen molar-refractivity contribution in [1.82, 2.24) is 5.32 Å². The lowest BCUT2D eigenvalue weighted by Gasteiger charge is -2.14. The highest BCUT2D eigenvalue weighted by atomic mass is 79.9. The average molecular weight is 463 g/mol. The zero-order chi connectivity index (χ0) is 21.0. The fraction of sp³-hybridized carbons (Fsp3) is 0.238. The summed E-state index contributed by atoms with van der Waals surface area (Å²) in [7, 11) is 0. The van der Waals surface area contributed by atoms with Gasteiger partial charge in [-0.2, -0.15) is 0 Å². The van der Waals surface area contributed by atoms with E-state index in [1.54, 1.807) is 24.3 Å². The highest BCUT2D eigenvalue weighted by molar-refractivity contribution is 9.15. The van der Waals surface area contributed by atoms with Crippen molar-refractivity contribution in [2.45, 2.75) is 19.6 Å². The molecule has 1 atom stereocenters. The van der Waals surface area contributed by atoms with Crippen molar-refractivity contribution < 1.29 is 23.8 Å². The van der Waals surface area contributed by atoms with E-state index in [1.165, 1.54) is 17.9 Å². The summed E-state index contributed by atoms with van der Waals surface area (Å²) in [5.41, 5.74) is 2.29. The smallest absolute Gasteiger partial charge is 0.414 e. The molecule has 2 N–H and O–H groups in total. The fourth-order valence-corrected chi connectivity index (χ4v) is 3.43. The van der Waals surface area contributed by atoms with Gasteiger partial charge in [-0.3, -0.25) is 9.69 Å². The molecule has 152 valence electrons. The van der Waals surface area contributed by atoms with Gasteiger partial charge in [-0.25, -0.2) is 9.18 Å². The Morgan fingerprint density at radius 3 is 2.86 bits per heavy atom. The van der Waals surface area contributed by atoms with E-state index in [2.05, 4.69) is 21.2 Å². The lowest BCUT2D eigenvalue weighted by Crippen LogP contribution is -2.33. The molecular weight excluding hydrogens is 443 g/mol. The van der Waals surface area contributed by atoms with Crippen LogP contribution in [-0.2, 0) is 16.1 Å². The maximum Gasteiger partial charge on any atom is 0.414 e. The molecule has 0 radical (unpaired) electrons. The minimum absolute atomic E-state index is 0.0773. The summed E-state index contributed by atoms with van der Waals surface area (Å²) in [4.78, 5) is 24.4. The number of carbonyl (C=O) groups is 2. The van der Waals surface area contributed by atoms with Gasteiger partial charge in [0.2, 0.25) is 5.91 Å². The Morgan fingerprint density at radius 1 is 1.38 bits per heavy atom. The van der Waals surface area contributed by atoms with E-state index >= 15 is 0 Å². The first kappa shape index (κ1) is 21.0. The Morgan fingerprint density at radius 2 is 2.17 bits per heavy atom. The number of amides is 2. The van der Waals surface area contributed by atoms with Crippen LogP contribution in [0.3, 0.4) is 0 Å². The van der Waals surface area contributed by atoms with Crippen LogP contribution in [0.25, 0.3) is 10.6 Å². The number of benzene rings is 2. The lowest BCUT2D eigenvalue weighted by molar-refractivity contribution is -0.119. The predicted octanol–water partition coefficient (Wildman–Crippen LogP) is 3.67. The molecule has 1 aliphatic rings. The molecule has 2 amide bonds. The van der Waals surface area contributed by atoms with Crippen LogP contribution in [-0.4, -0.2) is 36.3 Å². The predicted molar refractivity (Wildman–Crippen MR) is 112 cm³/mol. The van der Waals surface area contributed by atoms with Crippen molar-refractivity contribution in [3.63, 3.8) is 0 Å². The summed E-state index contributed by atoms with van der Waals surface area (Å²) in [6.07, 6.45) is 0.573. The number of aliphatic hydroxyl groups excluding tert-OH is 1. The number of ether oxygens (including phenoxy) is 1. The highest BCUT2D eigenvalue weighted by Crippen LogP contribution is 2.29. The van der Waals surface area contributed by atoms with Crippen molar-refractivity contribution in [3.8, 4) is 0 Å². The number of halogens is 2. The molecule has 0 unspecified atom stereocenters. The molecule has 0 aromatic heterocycles. The standard InChI is InChI=1S/C21H20BrFN2O4/c1-13(27)24-10-18-11-25(21(28)29-18)17-6-5-16(20(23)9-17)8-19(22)15-4-2-3-14(7-15)12-26/h2-9,18,26H,10-12H2,1H3,(H,24,27)/t18-/m0/s1. The summed E-state index contributed by atoms with van der Waals surface area (Å²) < 4.78 is 20.5. The second-order valence-electron chi connectivity index (χ2n) is 6.61. The number of aliphatic hydroxyl groups is 1. The number of anilines is 1. The molecule has 0 bridgehead atoms. The van der Waals surface area contributed by atoms with Gasteiger partial charge in [-0.15, -0.1) is 0 Å². The first-order valence-corrected chi connectivity index (χ1v) is 9.76. The Labute approximate surface area is 176 Å². The normalized spacial score (nSPS) is 16.7. The van der Waals surface area contributed by atoms with Crippen LogP contribution >= 0.6 is 15.9 Å². The van der Waals surface area contributed by atoms with Crippen molar-refractivity contribution in [2.75, 3.05) is 18.0 Å². The number of nitrogens with one attached hydrogen (secondary N) is 1. The van der Waals surface area contributed by atoms with Crippen LogP contribution in [0, 0.1) is 5.82 Å². The van der Waals surface area contributed by atoms with Crippen molar-refractivity contribution in [2.24, 2.45) is 0 Å². The van der Waals surface area contributed by atoms with Crippen LogP contribution in [0.15, 0.2) is 42.5 Å². The lowest BCUT2D eigenvalue weighted by atomic mass is 10.1. The van der Waals surface area contributed by atoms with Crippen LogP contribution in [0.1, 0.15) is 23.6 Å². The molecule has 1 aliphatic heterocycles. The summed E-state index contributed by atoms with van der Waals surface area (Å²) >= 11 is 3.45. The third-order valence-electron chi connectivity index (χ3n) is 4.42. The largest absolute Gasteiger partial charge is 0.442 e. The van der Waals surface area contributed by atoms with Crippen LogP contribution < -0.4 is 10.2 Å². The van der Waals surface area contributed by atoms with E-state index in [-0.39, 0.29) is 25.6 Å². The molecule has 6 nitrogen and oxygen atoms in total. The van der Waals surface area contributed by atoms with E-state index in [4.69, 9.17) is 4.74 Å². The van der Waals surface area contributed by atoms with E-state index in [0.29, 0.717) is 15.7 Å². The minimum Gasteiger partial charge on any atom is -0.442 e. The van der Waals surface area contributed by atoms with Gasteiger partial charge in [-0.05, 0) is 41.5 Å². The molecule has 1 fully saturated rings. The highest BCUT2D eigenvalue weighted by Gasteiger charge is 2.32. The Hall–Kier alpha value is -2.71. The topological polar surface area (TPSA) is 78.9 Å². The number of nitrogens with zero attached hydrogens (tertiary/aromatic N) is 1. The number of carbonyl (C=O) groups excluding carboxylic acids is 2. The Bertz CT molecular complexity index is 963. The number of hydrogen-bond acceptors (Lipinski definition) is 4. The van der Waals surface area contributed by atoms with Crippen molar-refractivity contribution in [3.05, 3.63) is 65.0 Å². The van der Waals surface area contributed by atoms with E-state index in [0.717, 1.165) is 11.1 Å². The van der Waals surface area contributed by atoms with Gasteiger partial charge in [0.15, 0.2) is 0 Å². The van der Waals surface area contributed by atoms with Gasteiger partial charge < -0.3 is 15.2 Å². The number of cyclic esters (lactones) is 1. The maximum atomic E-state index is 14.7. The van der Waals surface area contributed by atoms with Gasteiger partial charge >= 0.3 is 6.09 Å². The Kier molecular flexibility index (Phi) is 6.66. The third kappa shape index (κ3) is 5.21. The van der Waals surface area contributed by atoms with Gasteiger partial charge in [0.05, 0.1) is 25.4 Å². The molecule has 1 saturated heterocycles. The maximum absolute atomic E-state index is 14.7. The van der Waals surface area contributed by atoms with Crippen LogP contribution in [0.4, 0.5) is 14.9 Å². The first-order valence-electron chi connectivity index (χ1n) is 8.97. The first-order chi connectivity index (χ1) is 13.9. The molecular formula is C21H20BrFN2O4. The zero-order valence-electron chi connectivity index (χ0n) is 15.7.